The molecular weight excluding hydrogens is 296 g/mol. The number of carbonyl (C=O) groups is 1. The molecule has 2 aromatic rings. The first kappa shape index (κ1) is 14.9. The third-order valence-corrected chi connectivity index (χ3v) is 3.82. The highest BCUT2D eigenvalue weighted by molar-refractivity contribution is 7.09. The molecule has 0 aliphatic carbocycles. The number of hydrogen-bond acceptors (Lipinski definition) is 7. The van der Waals surface area contributed by atoms with Crippen molar-refractivity contribution in [1.29, 1.82) is 0 Å². The first-order chi connectivity index (χ1) is 9.88. The zero-order chi connectivity index (χ0) is 15.6. The second kappa shape index (κ2) is 5.83. The maximum absolute atomic E-state index is 11.0. The van der Waals surface area contributed by atoms with E-state index < -0.39 is 10.9 Å². The summed E-state index contributed by atoms with van der Waals surface area (Å²) in [5, 5.41) is 25.4. The molecule has 0 saturated carbocycles. The summed E-state index contributed by atoms with van der Waals surface area (Å²) in [5.41, 5.74) is 0.257. The molecule has 0 saturated heterocycles. The van der Waals surface area contributed by atoms with E-state index in [1.807, 2.05) is 12.3 Å². The van der Waals surface area contributed by atoms with Crippen LogP contribution in [0.2, 0.25) is 0 Å². The summed E-state index contributed by atoms with van der Waals surface area (Å²) in [5.74, 6) is -1.24. The minimum atomic E-state index is -1.26. The van der Waals surface area contributed by atoms with Crippen LogP contribution in [0.1, 0.15) is 34.0 Å². The highest BCUT2D eigenvalue weighted by Gasteiger charge is 2.21. The van der Waals surface area contributed by atoms with E-state index in [1.54, 1.807) is 6.92 Å². The zero-order valence-corrected chi connectivity index (χ0v) is 12.0. The first-order valence-corrected chi connectivity index (χ1v) is 6.82. The number of pyridine rings is 1. The van der Waals surface area contributed by atoms with Crippen molar-refractivity contribution in [3.8, 4) is 0 Å². The normalized spacial score (nSPS) is 11.9. The van der Waals surface area contributed by atoms with Gasteiger partial charge in [-0.2, -0.15) is 0 Å². The van der Waals surface area contributed by atoms with Crippen molar-refractivity contribution in [1.82, 2.24) is 9.97 Å². The maximum Gasteiger partial charge on any atom is 0.337 e. The van der Waals surface area contributed by atoms with E-state index in [1.165, 1.54) is 11.3 Å². The predicted molar refractivity (Wildman–Crippen MR) is 76.7 cm³/mol. The van der Waals surface area contributed by atoms with Crippen LogP contribution in [0.25, 0.3) is 0 Å². The quantitative estimate of drug-likeness (QED) is 0.643. The molecule has 8 nitrogen and oxygen atoms in total. The van der Waals surface area contributed by atoms with E-state index in [0.717, 1.165) is 23.0 Å². The largest absolute Gasteiger partial charge is 0.478 e. The number of rotatable bonds is 5. The third-order valence-electron chi connectivity index (χ3n) is 2.67. The van der Waals surface area contributed by atoms with Gasteiger partial charge < -0.3 is 10.4 Å². The Hall–Kier alpha value is -2.55. The van der Waals surface area contributed by atoms with Crippen molar-refractivity contribution < 1.29 is 14.8 Å². The van der Waals surface area contributed by atoms with E-state index in [2.05, 4.69) is 15.3 Å². The summed E-state index contributed by atoms with van der Waals surface area (Å²) in [6, 6.07) is 0.711. The Morgan fingerprint density at radius 3 is 2.81 bits per heavy atom. The summed E-state index contributed by atoms with van der Waals surface area (Å²) < 4.78 is 0. The molecule has 1 atom stereocenters. The monoisotopic (exact) mass is 308 g/mol. The van der Waals surface area contributed by atoms with Gasteiger partial charge in [-0.1, -0.05) is 0 Å². The molecule has 0 fully saturated rings. The van der Waals surface area contributed by atoms with Crippen LogP contribution in [-0.4, -0.2) is 26.0 Å². The molecule has 2 N–H and O–H groups in total. The van der Waals surface area contributed by atoms with E-state index in [9.17, 15) is 14.9 Å². The topological polar surface area (TPSA) is 118 Å². The number of aromatic nitrogens is 2. The molecule has 0 aliphatic heterocycles. The average Bonchev–Trinajstić information content (AvgIpc) is 2.85. The van der Waals surface area contributed by atoms with Crippen LogP contribution in [-0.2, 0) is 0 Å². The molecule has 0 spiro atoms. The Bertz CT molecular complexity index is 700. The maximum atomic E-state index is 11.0. The van der Waals surface area contributed by atoms with Gasteiger partial charge in [0.15, 0.2) is 0 Å². The lowest BCUT2D eigenvalue weighted by molar-refractivity contribution is -0.384. The van der Waals surface area contributed by atoms with Gasteiger partial charge >= 0.3 is 11.7 Å². The summed E-state index contributed by atoms with van der Waals surface area (Å²) in [7, 11) is 0. The Kier molecular flexibility index (Phi) is 4.13. The van der Waals surface area contributed by atoms with Crippen molar-refractivity contribution in [2.45, 2.75) is 19.9 Å². The van der Waals surface area contributed by atoms with Gasteiger partial charge in [0.05, 0.1) is 16.5 Å². The van der Waals surface area contributed by atoms with Gasteiger partial charge in [0.1, 0.15) is 5.01 Å². The number of aromatic carboxylic acids is 1. The molecule has 2 aromatic heterocycles. The van der Waals surface area contributed by atoms with Gasteiger partial charge in [0.25, 0.3) is 0 Å². The average molecular weight is 308 g/mol. The van der Waals surface area contributed by atoms with Gasteiger partial charge in [-0.25, -0.2) is 14.8 Å². The Morgan fingerprint density at radius 1 is 1.57 bits per heavy atom. The third kappa shape index (κ3) is 3.31. The number of nitrogens with zero attached hydrogens (tertiary/aromatic N) is 3. The molecule has 9 heteroatoms. The molecule has 2 heterocycles. The molecule has 0 amide bonds. The number of carboxylic acid groups (broad SMARTS) is 1. The molecule has 1 unspecified atom stereocenters. The van der Waals surface area contributed by atoms with Crippen molar-refractivity contribution in [2.75, 3.05) is 5.32 Å². The van der Waals surface area contributed by atoms with E-state index in [0.29, 0.717) is 0 Å². The van der Waals surface area contributed by atoms with Crippen LogP contribution in [0.3, 0.4) is 0 Å². The van der Waals surface area contributed by atoms with Gasteiger partial charge in [0, 0.05) is 23.3 Å². The smallest absolute Gasteiger partial charge is 0.337 e. The summed E-state index contributed by atoms with van der Waals surface area (Å²) in [6.07, 6.45) is 1.08. The van der Waals surface area contributed by atoms with Gasteiger partial charge in [-0.15, -0.1) is 11.3 Å². The molecule has 0 aromatic carbocycles. The Labute approximate surface area is 123 Å². The van der Waals surface area contributed by atoms with Crippen LogP contribution < -0.4 is 5.32 Å². The molecular formula is C12H12N4O4S. The fourth-order valence-corrected chi connectivity index (χ4v) is 2.46. The highest BCUT2D eigenvalue weighted by Crippen LogP contribution is 2.28. The number of nitro groups is 1. The van der Waals surface area contributed by atoms with Crippen LogP contribution >= 0.6 is 11.3 Å². The molecule has 0 aliphatic rings. The van der Waals surface area contributed by atoms with Crippen molar-refractivity contribution in [3.05, 3.63) is 44.0 Å². The fourth-order valence-electron chi connectivity index (χ4n) is 1.66. The molecule has 21 heavy (non-hydrogen) atoms. The SMILES string of the molecule is Cc1csc(C(C)Nc2ncc(C(=O)O)cc2[N+](=O)[O-])n1. The number of hydrogen-bond donors (Lipinski definition) is 2. The second-order valence-corrected chi connectivity index (χ2v) is 5.24. The Balaban J connectivity index is 2.31. The molecule has 0 bridgehead atoms. The first-order valence-electron chi connectivity index (χ1n) is 5.94. The number of carboxylic acids is 1. The van der Waals surface area contributed by atoms with E-state index in [-0.39, 0.29) is 23.1 Å². The lowest BCUT2D eigenvalue weighted by atomic mass is 10.2. The van der Waals surface area contributed by atoms with Crippen LogP contribution in [0.15, 0.2) is 17.6 Å². The molecule has 110 valence electrons. The second-order valence-electron chi connectivity index (χ2n) is 4.35. The molecule has 0 radical (unpaired) electrons. The van der Waals surface area contributed by atoms with Crippen LogP contribution in [0.5, 0.6) is 0 Å². The zero-order valence-electron chi connectivity index (χ0n) is 11.2. The predicted octanol–water partition coefficient (Wildman–Crippen LogP) is 2.63. The van der Waals surface area contributed by atoms with Crippen molar-refractivity contribution >= 4 is 28.8 Å². The summed E-state index contributed by atoms with van der Waals surface area (Å²) >= 11 is 1.43. The van der Waals surface area contributed by atoms with Gasteiger partial charge in [0.2, 0.25) is 5.82 Å². The summed E-state index contributed by atoms with van der Waals surface area (Å²) in [6.45, 7) is 3.66. The summed E-state index contributed by atoms with van der Waals surface area (Å²) in [4.78, 5) is 29.3. The standard InChI is InChI=1S/C12H12N4O4S/c1-6-5-21-11(14-6)7(2)15-10-9(16(19)20)3-8(4-13-10)12(17)18/h3-5,7H,1-2H3,(H,13,15)(H,17,18). The van der Waals surface area contributed by atoms with Crippen molar-refractivity contribution in [2.24, 2.45) is 0 Å². The number of thiazole rings is 1. The van der Waals surface area contributed by atoms with Gasteiger partial charge in [-0.05, 0) is 13.8 Å². The molecule has 2 rings (SSSR count). The van der Waals surface area contributed by atoms with E-state index in [4.69, 9.17) is 5.11 Å². The lowest BCUT2D eigenvalue weighted by Crippen LogP contribution is -2.11. The van der Waals surface area contributed by atoms with Crippen molar-refractivity contribution in [3.63, 3.8) is 0 Å². The Morgan fingerprint density at radius 2 is 2.29 bits per heavy atom. The van der Waals surface area contributed by atoms with E-state index >= 15 is 0 Å². The minimum absolute atomic E-state index is 0.0188. The number of nitrogens with one attached hydrogen (secondary N) is 1. The highest BCUT2D eigenvalue weighted by atomic mass is 32.1. The lowest BCUT2D eigenvalue weighted by Gasteiger charge is -2.12. The fraction of sp³-hybridized carbons (Fsp3) is 0.250. The minimum Gasteiger partial charge on any atom is -0.478 e. The number of anilines is 1. The number of aryl methyl sites for hydroxylation is 1. The van der Waals surface area contributed by atoms with Crippen LogP contribution in [0.4, 0.5) is 11.5 Å². The van der Waals surface area contributed by atoms with Crippen LogP contribution in [0, 0.1) is 17.0 Å². The van der Waals surface area contributed by atoms with Gasteiger partial charge in [-0.3, -0.25) is 10.1 Å².